The van der Waals surface area contributed by atoms with E-state index >= 15 is 0 Å². The molecule has 1 amide bonds. The summed E-state index contributed by atoms with van der Waals surface area (Å²) in [7, 11) is 1.63. The standard InChI is InChI=1S/C23H23N3O2/c1-14-12-19-22(15(2)21(14)17-4-8-25-9-5-17)18(16-6-10-28-11-7-16)13-20(26-19)23(27)24-3/h4-6,8-9,12-13H,7,10-11H2,1-3H3,(H,24,27). The summed E-state index contributed by atoms with van der Waals surface area (Å²) in [5, 5.41) is 3.79. The number of aryl methyl sites for hydroxylation is 2. The van der Waals surface area contributed by atoms with Crippen molar-refractivity contribution in [2.24, 2.45) is 0 Å². The van der Waals surface area contributed by atoms with Gasteiger partial charge >= 0.3 is 0 Å². The normalized spacial score (nSPS) is 14.0. The van der Waals surface area contributed by atoms with Crippen LogP contribution in [0.4, 0.5) is 0 Å². The van der Waals surface area contributed by atoms with Crippen molar-refractivity contribution < 1.29 is 9.53 Å². The second kappa shape index (κ2) is 7.52. The van der Waals surface area contributed by atoms with Gasteiger partial charge in [-0.2, -0.15) is 0 Å². The highest BCUT2D eigenvalue weighted by Crippen LogP contribution is 2.37. The maximum atomic E-state index is 12.3. The molecule has 0 saturated carbocycles. The molecule has 4 rings (SSSR count). The number of benzene rings is 1. The molecule has 2 aromatic heterocycles. The Morgan fingerprint density at radius 2 is 1.96 bits per heavy atom. The van der Waals surface area contributed by atoms with E-state index in [1.54, 1.807) is 7.05 Å². The van der Waals surface area contributed by atoms with Crippen molar-refractivity contribution >= 4 is 22.4 Å². The minimum Gasteiger partial charge on any atom is -0.377 e. The molecule has 0 radical (unpaired) electrons. The average Bonchev–Trinajstić information content (AvgIpc) is 2.73. The first-order chi connectivity index (χ1) is 13.6. The Kier molecular flexibility index (Phi) is 4.92. The first-order valence-electron chi connectivity index (χ1n) is 9.44. The van der Waals surface area contributed by atoms with Gasteiger partial charge in [-0.1, -0.05) is 6.08 Å². The van der Waals surface area contributed by atoms with Crippen molar-refractivity contribution in [3.8, 4) is 11.1 Å². The lowest BCUT2D eigenvalue weighted by Gasteiger charge is -2.20. The Morgan fingerprint density at radius 3 is 2.64 bits per heavy atom. The van der Waals surface area contributed by atoms with Gasteiger partial charge in [0.2, 0.25) is 0 Å². The Hall–Kier alpha value is -3.05. The molecule has 5 nitrogen and oxygen atoms in total. The minimum absolute atomic E-state index is 0.177. The van der Waals surface area contributed by atoms with Crippen LogP contribution < -0.4 is 5.32 Å². The van der Waals surface area contributed by atoms with E-state index in [2.05, 4.69) is 41.3 Å². The molecule has 142 valence electrons. The fourth-order valence-corrected chi connectivity index (χ4v) is 3.99. The molecule has 0 spiro atoms. The number of nitrogens with one attached hydrogen (secondary N) is 1. The summed E-state index contributed by atoms with van der Waals surface area (Å²) in [4.78, 5) is 21.1. The van der Waals surface area contributed by atoms with E-state index in [0.29, 0.717) is 18.9 Å². The molecular weight excluding hydrogens is 350 g/mol. The number of hydrogen-bond donors (Lipinski definition) is 1. The minimum atomic E-state index is -0.177. The molecule has 1 aliphatic heterocycles. The number of carbonyl (C=O) groups is 1. The highest BCUT2D eigenvalue weighted by molar-refractivity contribution is 6.03. The highest BCUT2D eigenvalue weighted by Gasteiger charge is 2.19. The van der Waals surface area contributed by atoms with Gasteiger partial charge in [0.05, 0.1) is 18.7 Å². The number of pyridine rings is 2. The molecule has 1 aliphatic rings. The van der Waals surface area contributed by atoms with E-state index in [0.717, 1.165) is 34.0 Å². The van der Waals surface area contributed by atoms with Crippen LogP contribution in [0.3, 0.4) is 0 Å². The maximum absolute atomic E-state index is 12.3. The van der Waals surface area contributed by atoms with E-state index in [1.165, 1.54) is 16.7 Å². The zero-order chi connectivity index (χ0) is 19.7. The summed E-state index contributed by atoms with van der Waals surface area (Å²) >= 11 is 0. The van der Waals surface area contributed by atoms with Crippen LogP contribution in [0.25, 0.3) is 27.6 Å². The summed E-state index contributed by atoms with van der Waals surface area (Å²) in [6, 6.07) is 8.05. The van der Waals surface area contributed by atoms with Crippen molar-refractivity contribution in [2.45, 2.75) is 20.3 Å². The second-order valence-corrected chi connectivity index (χ2v) is 7.01. The predicted molar refractivity (Wildman–Crippen MR) is 111 cm³/mol. The number of fused-ring (bicyclic) bond motifs is 1. The lowest BCUT2D eigenvalue weighted by atomic mass is 9.88. The Balaban J connectivity index is 2.05. The average molecular weight is 373 g/mol. The Labute approximate surface area is 164 Å². The van der Waals surface area contributed by atoms with Crippen LogP contribution in [-0.4, -0.2) is 36.1 Å². The van der Waals surface area contributed by atoms with Gasteiger partial charge in [-0.3, -0.25) is 9.78 Å². The smallest absolute Gasteiger partial charge is 0.269 e. The Bertz CT molecular complexity index is 1090. The number of nitrogens with zero attached hydrogens (tertiary/aromatic N) is 2. The Morgan fingerprint density at radius 1 is 1.18 bits per heavy atom. The van der Waals surface area contributed by atoms with E-state index < -0.39 is 0 Å². The number of rotatable bonds is 3. The van der Waals surface area contributed by atoms with Crippen LogP contribution in [-0.2, 0) is 4.74 Å². The number of amides is 1. The third kappa shape index (κ3) is 3.18. The molecule has 0 bridgehead atoms. The second-order valence-electron chi connectivity index (χ2n) is 7.01. The lowest BCUT2D eigenvalue weighted by molar-refractivity contribution is 0.0958. The van der Waals surface area contributed by atoms with Crippen LogP contribution >= 0.6 is 0 Å². The molecule has 0 saturated heterocycles. The maximum Gasteiger partial charge on any atom is 0.269 e. The topological polar surface area (TPSA) is 64.1 Å². The van der Waals surface area contributed by atoms with Crippen LogP contribution in [0.15, 0.2) is 42.7 Å². The van der Waals surface area contributed by atoms with Gasteiger partial charge < -0.3 is 10.1 Å². The van der Waals surface area contributed by atoms with Gasteiger partial charge in [0.1, 0.15) is 5.69 Å². The summed E-state index contributed by atoms with van der Waals surface area (Å²) in [6.45, 7) is 5.50. The van der Waals surface area contributed by atoms with Gasteiger partial charge in [-0.25, -0.2) is 4.98 Å². The summed E-state index contributed by atoms with van der Waals surface area (Å²) < 4.78 is 5.50. The molecule has 28 heavy (non-hydrogen) atoms. The summed E-state index contributed by atoms with van der Waals surface area (Å²) in [5.74, 6) is -0.177. The first kappa shape index (κ1) is 18.3. The molecule has 3 aromatic rings. The molecule has 0 fully saturated rings. The molecule has 3 heterocycles. The number of ether oxygens (including phenoxy) is 1. The monoisotopic (exact) mass is 373 g/mol. The van der Waals surface area contributed by atoms with Crippen LogP contribution in [0.2, 0.25) is 0 Å². The van der Waals surface area contributed by atoms with Crippen molar-refractivity contribution in [1.29, 1.82) is 0 Å². The third-order valence-corrected chi connectivity index (χ3v) is 5.28. The molecule has 0 unspecified atom stereocenters. The lowest BCUT2D eigenvalue weighted by Crippen LogP contribution is -2.20. The van der Waals surface area contributed by atoms with Crippen molar-refractivity contribution in [3.05, 3.63) is 65.1 Å². The third-order valence-electron chi connectivity index (χ3n) is 5.28. The van der Waals surface area contributed by atoms with Crippen molar-refractivity contribution in [1.82, 2.24) is 15.3 Å². The highest BCUT2D eigenvalue weighted by atomic mass is 16.5. The van der Waals surface area contributed by atoms with Gasteiger partial charge in [0.25, 0.3) is 5.91 Å². The SMILES string of the molecule is CNC(=O)c1cc(C2=CCOCC2)c2c(C)c(-c3ccncc3)c(C)cc2n1. The fraction of sp³-hybridized carbons (Fsp3) is 0.261. The first-order valence-corrected chi connectivity index (χ1v) is 9.44. The molecule has 0 aliphatic carbocycles. The van der Waals surface area contributed by atoms with Crippen LogP contribution in [0, 0.1) is 13.8 Å². The van der Waals surface area contributed by atoms with E-state index in [1.807, 2.05) is 30.6 Å². The van der Waals surface area contributed by atoms with Gasteiger partial charge in [-0.15, -0.1) is 0 Å². The molecule has 1 N–H and O–H groups in total. The summed E-state index contributed by atoms with van der Waals surface area (Å²) in [5.41, 5.74) is 8.18. The van der Waals surface area contributed by atoms with Crippen molar-refractivity contribution in [2.75, 3.05) is 20.3 Å². The predicted octanol–water partition coefficient (Wildman–Crippen LogP) is 4.08. The van der Waals surface area contributed by atoms with E-state index in [4.69, 9.17) is 4.74 Å². The zero-order valence-corrected chi connectivity index (χ0v) is 16.4. The van der Waals surface area contributed by atoms with Gasteiger partial charge in [0.15, 0.2) is 0 Å². The van der Waals surface area contributed by atoms with Crippen molar-refractivity contribution in [3.63, 3.8) is 0 Å². The van der Waals surface area contributed by atoms with Gasteiger partial charge in [-0.05, 0) is 77.9 Å². The molecule has 5 heteroatoms. The van der Waals surface area contributed by atoms with Crippen LogP contribution in [0.5, 0.6) is 0 Å². The molecular formula is C23H23N3O2. The van der Waals surface area contributed by atoms with E-state index in [-0.39, 0.29) is 5.91 Å². The number of aromatic nitrogens is 2. The number of hydrogen-bond acceptors (Lipinski definition) is 4. The molecule has 1 aromatic carbocycles. The summed E-state index contributed by atoms with van der Waals surface area (Å²) in [6.07, 6.45) is 6.56. The number of carbonyl (C=O) groups excluding carboxylic acids is 1. The quantitative estimate of drug-likeness (QED) is 0.751. The fourth-order valence-electron chi connectivity index (χ4n) is 3.99. The van der Waals surface area contributed by atoms with E-state index in [9.17, 15) is 4.79 Å². The van der Waals surface area contributed by atoms with Gasteiger partial charge in [0, 0.05) is 24.8 Å². The zero-order valence-electron chi connectivity index (χ0n) is 16.4. The van der Waals surface area contributed by atoms with Crippen LogP contribution in [0.1, 0.15) is 33.6 Å². The largest absolute Gasteiger partial charge is 0.377 e. The molecule has 0 atom stereocenters.